The predicted octanol–water partition coefficient (Wildman–Crippen LogP) is 7.82. The van der Waals surface area contributed by atoms with Gasteiger partial charge in [0.25, 0.3) is 11.5 Å². The molecule has 0 unspecified atom stereocenters. The third kappa shape index (κ3) is 7.40. The summed E-state index contributed by atoms with van der Waals surface area (Å²) in [4.78, 5) is 33.2. The normalized spacial score (nSPS) is 14.2. The Balaban J connectivity index is 1.39. The smallest absolute Gasteiger partial charge is 0.271 e. The van der Waals surface area contributed by atoms with Crippen LogP contribution in [-0.4, -0.2) is 24.2 Å². The Labute approximate surface area is 301 Å². The van der Waals surface area contributed by atoms with Gasteiger partial charge in [0.2, 0.25) is 0 Å². The number of hydrogen-bond donors (Lipinski definition) is 1. The molecule has 0 fully saturated rings. The number of ether oxygens (including phenoxy) is 3. The average Bonchev–Trinajstić information content (AvgIpc) is 3.39. The number of rotatable bonds is 10. The van der Waals surface area contributed by atoms with Crippen molar-refractivity contribution in [3.63, 3.8) is 0 Å². The summed E-state index contributed by atoms with van der Waals surface area (Å²) in [6.07, 6.45) is 1.72. The standard InChI is InChI=1S/C37H30Cl3N3O5S/c1-4-47-26-13-11-24(12-14-26)33-32(35(44)42-25-8-6-5-7-9-25)21(2)41-37-43(33)36(45)31(49-37)19-23-17-29(40)34(30(18-23)46-3)48-20-22-10-15-27(38)28(39)16-22/h5-19,33H,4,20H2,1-3H3,(H,42,44)/b31-19-/t33-/m1/s1. The van der Waals surface area contributed by atoms with E-state index in [1.54, 1.807) is 54.0 Å². The number of allylic oxidation sites excluding steroid dienone is 1. The van der Waals surface area contributed by atoms with Gasteiger partial charge in [-0.3, -0.25) is 14.2 Å². The van der Waals surface area contributed by atoms with E-state index in [4.69, 9.17) is 54.0 Å². The number of methoxy groups -OCH3 is 1. The minimum absolute atomic E-state index is 0.177. The van der Waals surface area contributed by atoms with E-state index in [1.807, 2.05) is 55.5 Å². The summed E-state index contributed by atoms with van der Waals surface area (Å²) in [5.74, 6) is 1.06. The van der Waals surface area contributed by atoms with Gasteiger partial charge in [-0.1, -0.05) is 82.5 Å². The fraction of sp³-hybridized carbons (Fsp3) is 0.162. The van der Waals surface area contributed by atoms with Crippen LogP contribution in [0.3, 0.4) is 0 Å². The maximum atomic E-state index is 14.2. The number of fused-ring (bicyclic) bond motifs is 1. The van der Waals surface area contributed by atoms with Crippen molar-refractivity contribution in [1.29, 1.82) is 0 Å². The zero-order valence-electron chi connectivity index (χ0n) is 26.6. The van der Waals surface area contributed by atoms with Gasteiger partial charge in [0.1, 0.15) is 12.4 Å². The summed E-state index contributed by atoms with van der Waals surface area (Å²) >= 11 is 20.1. The largest absolute Gasteiger partial charge is 0.494 e. The molecule has 0 spiro atoms. The minimum Gasteiger partial charge on any atom is -0.494 e. The predicted molar refractivity (Wildman–Crippen MR) is 195 cm³/mol. The molecule has 12 heteroatoms. The molecule has 0 bridgehead atoms. The summed E-state index contributed by atoms with van der Waals surface area (Å²) in [6, 6.07) is 24.5. The number of amides is 1. The first kappa shape index (κ1) is 34.3. The maximum Gasteiger partial charge on any atom is 0.271 e. The van der Waals surface area contributed by atoms with Crippen LogP contribution in [0.1, 0.15) is 36.6 Å². The lowest BCUT2D eigenvalue weighted by atomic mass is 9.95. The number of carbonyl (C=O) groups is 1. The zero-order chi connectivity index (χ0) is 34.7. The number of carbonyl (C=O) groups excluding carboxylic acids is 1. The monoisotopic (exact) mass is 733 g/mol. The van der Waals surface area contributed by atoms with Gasteiger partial charge in [0.15, 0.2) is 16.3 Å². The van der Waals surface area contributed by atoms with Crippen LogP contribution in [0.5, 0.6) is 17.2 Å². The molecule has 8 nitrogen and oxygen atoms in total. The van der Waals surface area contributed by atoms with E-state index in [-0.39, 0.29) is 18.1 Å². The second-order valence-corrected chi connectivity index (χ2v) is 13.2. The van der Waals surface area contributed by atoms with Crippen molar-refractivity contribution in [3.8, 4) is 17.2 Å². The molecule has 0 saturated heterocycles. The van der Waals surface area contributed by atoms with Gasteiger partial charge < -0.3 is 19.5 Å². The highest BCUT2D eigenvalue weighted by molar-refractivity contribution is 7.07. The van der Waals surface area contributed by atoms with Gasteiger partial charge in [0.05, 0.1) is 50.6 Å². The molecule has 49 heavy (non-hydrogen) atoms. The van der Waals surface area contributed by atoms with E-state index in [1.165, 1.54) is 18.4 Å². The molecule has 1 atom stereocenters. The van der Waals surface area contributed by atoms with Gasteiger partial charge in [-0.25, -0.2) is 4.99 Å². The lowest BCUT2D eigenvalue weighted by molar-refractivity contribution is -0.113. The molecule has 1 aliphatic heterocycles. The fourth-order valence-corrected chi connectivity index (χ4v) is 7.10. The number of halogens is 3. The number of para-hydroxylation sites is 1. The Hall–Kier alpha value is -4.54. The summed E-state index contributed by atoms with van der Waals surface area (Å²) in [6.45, 7) is 4.37. The van der Waals surface area contributed by atoms with E-state index in [9.17, 15) is 9.59 Å². The summed E-state index contributed by atoms with van der Waals surface area (Å²) in [5, 5.41) is 4.12. The van der Waals surface area contributed by atoms with E-state index >= 15 is 0 Å². The van der Waals surface area contributed by atoms with Crippen LogP contribution in [0.4, 0.5) is 5.69 Å². The van der Waals surface area contributed by atoms with Crippen LogP contribution >= 0.6 is 46.1 Å². The molecule has 4 aromatic carbocycles. The quantitative estimate of drug-likeness (QED) is 0.158. The Morgan fingerprint density at radius 3 is 2.41 bits per heavy atom. The molecule has 1 aliphatic rings. The highest BCUT2D eigenvalue weighted by atomic mass is 35.5. The number of hydrogen-bond acceptors (Lipinski definition) is 7. The topological polar surface area (TPSA) is 91.2 Å². The number of nitrogens with one attached hydrogen (secondary N) is 1. The van der Waals surface area contributed by atoms with E-state index < -0.39 is 6.04 Å². The van der Waals surface area contributed by atoms with Crippen LogP contribution in [-0.2, 0) is 11.4 Å². The van der Waals surface area contributed by atoms with Crippen LogP contribution < -0.4 is 34.4 Å². The molecular weight excluding hydrogens is 705 g/mol. The van der Waals surface area contributed by atoms with Crippen molar-refractivity contribution < 1.29 is 19.0 Å². The molecule has 0 saturated carbocycles. The van der Waals surface area contributed by atoms with Crippen molar-refractivity contribution in [2.75, 3.05) is 19.0 Å². The van der Waals surface area contributed by atoms with Crippen molar-refractivity contribution >= 4 is 63.8 Å². The highest BCUT2D eigenvalue weighted by Gasteiger charge is 2.32. The lowest BCUT2D eigenvalue weighted by Crippen LogP contribution is -2.40. The number of aromatic nitrogens is 1. The van der Waals surface area contributed by atoms with Crippen molar-refractivity contribution in [1.82, 2.24) is 4.57 Å². The van der Waals surface area contributed by atoms with Crippen LogP contribution in [0.2, 0.25) is 15.1 Å². The van der Waals surface area contributed by atoms with Crippen molar-refractivity contribution in [3.05, 3.63) is 148 Å². The van der Waals surface area contributed by atoms with E-state index in [0.717, 1.165) is 11.1 Å². The molecule has 2 heterocycles. The molecule has 0 aliphatic carbocycles. The summed E-state index contributed by atoms with van der Waals surface area (Å²) in [7, 11) is 1.51. The van der Waals surface area contributed by atoms with Gasteiger partial charge in [-0.15, -0.1) is 0 Å². The summed E-state index contributed by atoms with van der Waals surface area (Å²) in [5.41, 5.74) is 3.34. The molecule has 5 aromatic rings. The third-order valence-electron chi connectivity index (χ3n) is 7.72. The second-order valence-electron chi connectivity index (χ2n) is 11.0. The molecule has 1 aromatic heterocycles. The SMILES string of the molecule is CCOc1ccc([C@@H]2C(C(=O)Nc3ccccc3)=C(C)N=c3s/c(=C\c4cc(Cl)c(OCc5ccc(Cl)c(Cl)c5)c(OC)c4)c(=O)n32)cc1. The number of nitrogens with zero attached hydrogens (tertiary/aromatic N) is 2. The Morgan fingerprint density at radius 2 is 1.71 bits per heavy atom. The molecule has 250 valence electrons. The Kier molecular flexibility index (Phi) is 10.5. The Bertz CT molecular complexity index is 2250. The van der Waals surface area contributed by atoms with Gasteiger partial charge in [-0.2, -0.15) is 0 Å². The second kappa shape index (κ2) is 14.9. The highest BCUT2D eigenvalue weighted by Crippen LogP contribution is 2.38. The minimum atomic E-state index is -0.743. The Morgan fingerprint density at radius 1 is 0.959 bits per heavy atom. The number of benzene rings is 4. The molecule has 1 amide bonds. The van der Waals surface area contributed by atoms with Crippen LogP contribution in [0.25, 0.3) is 6.08 Å². The number of anilines is 1. The lowest BCUT2D eigenvalue weighted by Gasteiger charge is -2.25. The van der Waals surface area contributed by atoms with Crippen molar-refractivity contribution in [2.45, 2.75) is 26.5 Å². The first-order chi connectivity index (χ1) is 23.7. The van der Waals surface area contributed by atoms with Crippen molar-refractivity contribution in [2.24, 2.45) is 4.99 Å². The van der Waals surface area contributed by atoms with E-state index in [0.29, 0.717) is 70.8 Å². The van der Waals surface area contributed by atoms with Crippen LogP contribution in [0, 0.1) is 0 Å². The molecular formula is C37H30Cl3N3O5S. The summed E-state index contributed by atoms with van der Waals surface area (Å²) < 4.78 is 19.2. The molecule has 0 radical (unpaired) electrons. The fourth-order valence-electron chi connectivity index (χ4n) is 5.46. The third-order valence-corrected chi connectivity index (χ3v) is 9.72. The zero-order valence-corrected chi connectivity index (χ0v) is 29.7. The number of thiazole rings is 1. The molecule has 1 N–H and O–H groups in total. The van der Waals surface area contributed by atoms with Gasteiger partial charge in [-0.05, 0) is 85.1 Å². The maximum absolute atomic E-state index is 14.2. The average molecular weight is 735 g/mol. The van der Waals surface area contributed by atoms with Crippen LogP contribution in [0.15, 0.2) is 106 Å². The first-order valence-electron chi connectivity index (χ1n) is 15.2. The van der Waals surface area contributed by atoms with Gasteiger partial charge in [0, 0.05) is 5.69 Å². The molecule has 6 rings (SSSR count). The van der Waals surface area contributed by atoms with Gasteiger partial charge >= 0.3 is 0 Å². The van der Waals surface area contributed by atoms with E-state index in [2.05, 4.69) is 5.32 Å². The first-order valence-corrected chi connectivity index (χ1v) is 17.2.